The second-order valence-electron chi connectivity index (χ2n) is 15.9. The number of azo groups is 4. The standard InChI is InChI=1S/C46H42N10O16S4/c1-27-20-31(7-14-37(27)52-53-39-16-9-33(24-42(39)71-18-3-19-73(58,59)60)51-55-40-17-12-35(74(61,62)63)25-43(40)75(64,65)66)49-50-32-8-15-38(41(23-32)70-2)54-56-45-44(76(67,68)69)22-28-21-30(6-13-36(28)46(45)57)48-26-72-34-10-4-29(47)5-11-34/h4-17,20-25,48,57H,3,18-19,26,47H2,1-2H3,(H,58,59,60)(H,61,62,63)(H,64,65,66)(H,67,68,69). The third-order valence-electron chi connectivity index (χ3n) is 10.4. The average Bonchev–Trinajstić information content (AvgIpc) is 3.37. The summed E-state index contributed by atoms with van der Waals surface area (Å²) in [6, 6.07) is 28.1. The summed E-state index contributed by atoms with van der Waals surface area (Å²) in [5.74, 6) is -0.506. The Bertz CT molecular complexity index is 3960. The maximum Gasteiger partial charge on any atom is 0.296 e. The molecule has 7 aromatic carbocycles. The number of hydrogen-bond acceptors (Lipinski definition) is 22. The summed E-state index contributed by atoms with van der Waals surface area (Å²) in [7, 11) is -17.8. The maximum atomic E-state index is 12.6. The summed E-state index contributed by atoms with van der Waals surface area (Å²) in [5, 5.41) is 47.7. The number of phenols is 1. The molecule has 0 amide bonds. The highest BCUT2D eigenvalue weighted by atomic mass is 32.2. The van der Waals surface area contributed by atoms with Crippen LogP contribution in [0.25, 0.3) is 10.8 Å². The Morgan fingerprint density at radius 3 is 1.74 bits per heavy atom. The Kier molecular flexibility index (Phi) is 16.8. The van der Waals surface area contributed by atoms with Gasteiger partial charge in [-0.05, 0) is 133 Å². The van der Waals surface area contributed by atoms with Gasteiger partial charge in [0.2, 0.25) is 0 Å². The van der Waals surface area contributed by atoms with Crippen molar-refractivity contribution in [1.82, 2.24) is 0 Å². The molecule has 26 nitrogen and oxygen atoms in total. The van der Waals surface area contributed by atoms with Crippen LogP contribution in [0.3, 0.4) is 0 Å². The van der Waals surface area contributed by atoms with Crippen molar-refractivity contribution in [3.63, 3.8) is 0 Å². The first-order valence-corrected chi connectivity index (χ1v) is 27.5. The van der Waals surface area contributed by atoms with Crippen molar-refractivity contribution in [2.75, 3.05) is 37.3 Å². The number of fused-ring (bicyclic) bond motifs is 1. The first kappa shape index (κ1) is 55.4. The first-order valence-electron chi connectivity index (χ1n) is 21.6. The molecule has 0 aromatic heterocycles. The molecule has 396 valence electrons. The molecular formula is C46H42N10O16S4. The number of methoxy groups -OCH3 is 1. The van der Waals surface area contributed by atoms with Gasteiger partial charge in [-0.3, -0.25) is 18.2 Å². The minimum Gasteiger partial charge on any atom is -0.505 e. The van der Waals surface area contributed by atoms with Gasteiger partial charge in [-0.1, -0.05) is 0 Å². The molecule has 0 aliphatic rings. The molecule has 0 fully saturated rings. The van der Waals surface area contributed by atoms with Gasteiger partial charge in [0.05, 0.1) is 47.1 Å². The third-order valence-corrected chi connectivity index (χ3v) is 13.8. The predicted octanol–water partition coefficient (Wildman–Crippen LogP) is 11.0. The quantitative estimate of drug-likeness (QED) is 0.0116. The lowest BCUT2D eigenvalue weighted by molar-refractivity contribution is 0.317. The topological polar surface area (TPSA) is 402 Å². The van der Waals surface area contributed by atoms with Gasteiger partial charge in [-0.15, -0.1) is 20.5 Å². The van der Waals surface area contributed by atoms with E-state index in [1.165, 1.54) is 49.6 Å². The molecule has 0 bridgehead atoms. The SMILES string of the molecule is COc1cc(N=Nc2ccc(N=Nc3ccc(N=Nc4ccc(S(=O)(=O)O)cc4S(=O)(=O)O)cc3OCCCS(=O)(=O)O)c(C)c2)ccc1N=Nc1c(S(=O)(=O)O)cc2cc(NCOc3ccc(N)cc3)ccc2c1O. The van der Waals surface area contributed by atoms with Crippen LogP contribution in [0.15, 0.2) is 177 Å². The zero-order valence-corrected chi connectivity index (χ0v) is 42.7. The highest BCUT2D eigenvalue weighted by Crippen LogP contribution is 2.43. The number of benzene rings is 7. The molecule has 30 heteroatoms. The van der Waals surface area contributed by atoms with Gasteiger partial charge in [0, 0.05) is 28.9 Å². The van der Waals surface area contributed by atoms with Crippen LogP contribution in [-0.2, 0) is 40.5 Å². The van der Waals surface area contributed by atoms with Crippen LogP contribution < -0.4 is 25.3 Å². The first-order chi connectivity index (χ1) is 35.8. The Hall–Kier alpha value is -8.36. The Morgan fingerprint density at radius 2 is 1.12 bits per heavy atom. The monoisotopic (exact) mass is 1120 g/mol. The van der Waals surface area contributed by atoms with Crippen LogP contribution >= 0.6 is 0 Å². The average molecular weight is 1120 g/mol. The normalized spacial score (nSPS) is 12.6. The number of nitrogens with one attached hydrogen (secondary N) is 1. The Balaban J connectivity index is 1.07. The van der Waals surface area contributed by atoms with Gasteiger partial charge in [-0.2, -0.15) is 54.1 Å². The number of aryl methyl sites for hydroxylation is 1. The fourth-order valence-electron chi connectivity index (χ4n) is 6.72. The highest BCUT2D eigenvalue weighted by Gasteiger charge is 2.24. The van der Waals surface area contributed by atoms with Crippen LogP contribution in [0.1, 0.15) is 12.0 Å². The molecule has 0 saturated heterocycles. The van der Waals surface area contributed by atoms with Crippen molar-refractivity contribution >= 4 is 108 Å². The molecule has 0 spiro atoms. The number of rotatable bonds is 21. The van der Waals surface area contributed by atoms with Crippen molar-refractivity contribution in [3.8, 4) is 23.0 Å². The van der Waals surface area contributed by atoms with E-state index < -0.39 is 78.0 Å². The largest absolute Gasteiger partial charge is 0.505 e. The van der Waals surface area contributed by atoms with E-state index >= 15 is 0 Å². The van der Waals surface area contributed by atoms with Crippen LogP contribution in [0.2, 0.25) is 0 Å². The Morgan fingerprint density at radius 1 is 0.553 bits per heavy atom. The molecule has 0 atom stereocenters. The van der Waals surface area contributed by atoms with E-state index in [0.717, 1.165) is 18.2 Å². The molecule has 7 aromatic rings. The van der Waals surface area contributed by atoms with E-state index in [1.54, 1.807) is 61.5 Å². The van der Waals surface area contributed by atoms with Gasteiger partial charge < -0.3 is 30.4 Å². The number of hydrogen-bond donors (Lipinski definition) is 7. The molecule has 0 aliphatic carbocycles. The number of nitrogens with two attached hydrogens (primary N) is 1. The van der Waals surface area contributed by atoms with Gasteiger partial charge >= 0.3 is 0 Å². The lowest BCUT2D eigenvalue weighted by atomic mass is 10.1. The predicted molar refractivity (Wildman–Crippen MR) is 275 cm³/mol. The number of anilines is 2. The van der Waals surface area contributed by atoms with E-state index in [2.05, 4.69) is 46.2 Å². The molecule has 0 saturated carbocycles. The number of nitrogen functional groups attached to an aromatic ring is 1. The fourth-order valence-corrected chi connectivity index (χ4v) is 9.09. The van der Waals surface area contributed by atoms with Crippen molar-refractivity contribution in [2.24, 2.45) is 40.9 Å². The molecule has 0 unspecified atom stereocenters. The van der Waals surface area contributed by atoms with Crippen LogP contribution in [0, 0.1) is 6.92 Å². The second kappa shape index (κ2) is 23.0. The number of ether oxygens (including phenoxy) is 3. The van der Waals surface area contributed by atoms with Gasteiger partial charge in [0.1, 0.15) is 49.8 Å². The molecule has 76 heavy (non-hydrogen) atoms. The molecule has 0 aliphatic heterocycles. The van der Waals surface area contributed by atoms with Crippen molar-refractivity contribution in [3.05, 3.63) is 127 Å². The number of phenolic OH excluding ortho intramolecular Hbond substituents is 1. The third kappa shape index (κ3) is 14.7. The van der Waals surface area contributed by atoms with Gasteiger partial charge in [0.15, 0.2) is 12.5 Å². The van der Waals surface area contributed by atoms with E-state index in [0.29, 0.717) is 45.8 Å². The summed E-state index contributed by atoms with van der Waals surface area (Å²) in [4.78, 5) is -2.51. The van der Waals surface area contributed by atoms with E-state index in [4.69, 9.17) is 24.5 Å². The molecular weight excluding hydrogens is 1080 g/mol. The molecule has 8 N–H and O–H groups in total. The smallest absolute Gasteiger partial charge is 0.296 e. The highest BCUT2D eigenvalue weighted by molar-refractivity contribution is 7.87. The van der Waals surface area contributed by atoms with E-state index in [-0.39, 0.29) is 59.1 Å². The molecule has 0 radical (unpaired) electrons. The minimum atomic E-state index is -5.05. The lowest BCUT2D eigenvalue weighted by Crippen LogP contribution is -2.08. The summed E-state index contributed by atoms with van der Waals surface area (Å²) in [6.07, 6.45) is -0.139. The number of aromatic hydroxyl groups is 1. The van der Waals surface area contributed by atoms with Gasteiger partial charge in [0.25, 0.3) is 40.5 Å². The van der Waals surface area contributed by atoms with E-state index in [1.807, 2.05) is 0 Å². The summed E-state index contributed by atoms with van der Waals surface area (Å²) in [6.45, 7) is 1.52. The van der Waals surface area contributed by atoms with Crippen LogP contribution in [0.4, 0.5) is 56.9 Å². The van der Waals surface area contributed by atoms with Gasteiger partial charge in [-0.25, -0.2) is 0 Å². The second-order valence-corrected chi connectivity index (χ2v) is 21.6. The van der Waals surface area contributed by atoms with E-state index in [9.17, 15) is 52.4 Å². The summed E-state index contributed by atoms with van der Waals surface area (Å²) < 4.78 is 150. The zero-order valence-electron chi connectivity index (χ0n) is 39.4. The van der Waals surface area contributed by atoms with Crippen LogP contribution in [-0.4, -0.2) is 83.2 Å². The molecule has 0 heterocycles. The van der Waals surface area contributed by atoms with Crippen LogP contribution in [0.5, 0.6) is 23.0 Å². The molecule has 7 rings (SSSR count). The fraction of sp³-hybridized carbons (Fsp3) is 0.130. The van der Waals surface area contributed by atoms with Crippen molar-refractivity contribution in [1.29, 1.82) is 0 Å². The van der Waals surface area contributed by atoms with Crippen molar-refractivity contribution < 1.29 is 71.2 Å². The zero-order chi connectivity index (χ0) is 55.0. The van der Waals surface area contributed by atoms with Crippen molar-refractivity contribution in [2.45, 2.75) is 28.0 Å². The lowest BCUT2D eigenvalue weighted by Gasteiger charge is -2.12. The maximum absolute atomic E-state index is 12.6. The number of nitrogens with zero attached hydrogens (tertiary/aromatic N) is 8. The minimum absolute atomic E-state index is 0.00516. The summed E-state index contributed by atoms with van der Waals surface area (Å²) >= 11 is 0. The summed E-state index contributed by atoms with van der Waals surface area (Å²) in [5.41, 5.74) is 7.64. The Labute approximate surface area is 433 Å².